The summed E-state index contributed by atoms with van der Waals surface area (Å²) in [4.78, 5) is 31.6. The molecule has 3 aromatic rings. The number of ether oxygens (including phenoxy) is 1. The van der Waals surface area contributed by atoms with Gasteiger partial charge in [-0.05, 0) is 25.1 Å². The maximum atomic E-state index is 14.9. The molecule has 37 heavy (non-hydrogen) atoms. The van der Waals surface area contributed by atoms with Gasteiger partial charge in [0, 0.05) is 28.3 Å². The Morgan fingerprint density at radius 2 is 1.81 bits per heavy atom. The average molecular weight is 539 g/mol. The molecular formula is C26H30ClF3N4O3. The summed E-state index contributed by atoms with van der Waals surface area (Å²) in [6.45, 7) is 11.8. The normalized spacial score (nSPS) is 10.6. The van der Waals surface area contributed by atoms with Crippen LogP contribution in [0, 0.1) is 30.0 Å². The van der Waals surface area contributed by atoms with Crippen LogP contribution in [0.15, 0.2) is 40.2 Å². The van der Waals surface area contributed by atoms with Gasteiger partial charge < -0.3 is 9.72 Å². The number of nitriles is 1. The lowest BCUT2D eigenvalue weighted by molar-refractivity contribution is -0.0574. The summed E-state index contributed by atoms with van der Waals surface area (Å²) in [7, 11) is 0. The number of aromatic nitrogens is 3. The number of nitrogens with zero attached hydrogens (tertiary/aromatic N) is 3. The number of hydrogen-bond acceptors (Lipinski definition) is 5. The number of hydrogen-bond donors (Lipinski definition) is 1. The van der Waals surface area contributed by atoms with Gasteiger partial charge in [0.05, 0.1) is 18.4 Å². The summed E-state index contributed by atoms with van der Waals surface area (Å²) in [5, 5.41) is 8.96. The first-order valence-corrected chi connectivity index (χ1v) is 12.1. The molecule has 0 fully saturated rings. The van der Waals surface area contributed by atoms with Crippen molar-refractivity contribution in [3.63, 3.8) is 0 Å². The van der Waals surface area contributed by atoms with Crippen molar-refractivity contribution >= 4 is 11.6 Å². The average Bonchev–Trinajstić information content (AvgIpc) is 2.87. The number of alkyl halides is 2. The van der Waals surface area contributed by atoms with Crippen molar-refractivity contribution in [3.8, 4) is 17.6 Å². The van der Waals surface area contributed by atoms with Crippen molar-refractivity contribution in [1.29, 1.82) is 5.26 Å². The monoisotopic (exact) mass is 538 g/mol. The predicted molar refractivity (Wildman–Crippen MR) is 137 cm³/mol. The molecule has 0 atom stereocenters. The number of pyridine rings is 1. The Balaban J connectivity index is 0.00000163. The summed E-state index contributed by atoms with van der Waals surface area (Å²) in [6.07, 6.45) is 0.870. The van der Waals surface area contributed by atoms with E-state index in [4.69, 9.17) is 21.6 Å². The molecule has 0 bridgehead atoms. The van der Waals surface area contributed by atoms with Gasteiger partial charge in [-0.2, -0.15) is 14.0 Å². The molecule has 0 saturated heterocycles. The lowest BCUT2D eigenvalue weighted by atomic mass is 10.0. The quantitative estimate of drug-likeness (QED) is 0.384. The molecule has 2 aromatic heterocycles. The Bertz CT molecular complexity index is 1380. The summed E-state index contributed by atoms with van der Waals surface area (Å²) in [6, 6.07) is 6.64. The highest BCUT2D eigenvalue weighted by molar-refractivity contribution is 6.30. The maximum absolute atomic E-state index is 14.9. The predicted octanol–water partition coefficient (Wildman–Crippen LogP) is 6.55. The summed E-state index contributed by atoms with van der Waals surface area (Å²) < 4.78 is 50.6. The van der Waals surface area contributed by atoms with Crippen molar-refractivity contribution in [2.75, 3.05) is 0 Å². The van der Waals surface area contributed by atoms with E-state index in [0.717, 1.165) is 23.0 Å². The van der Waals surface area contributed by atoms with Gasteiger partial charge in [0.2, 0.25) is 5.75 Å². The van der Waals surface area contributed by atoms with E-state index in [1.165, 1.54) is 19.9 Å². The first-order valence-electron chi connectivity index (χ1n) is 11.7. The van der Waals surface area contributed by atoms with E-state index in [0.29, 0.717) is 5.69 Å². The van der Waals surface area contributed by atoms with Gasteiger partial charge in [-0.3, -0.25) is 14.2 Å². The van der Waals surface area contributed by atoms with Gasteiger partial charge >= 0.3 is 0 Å². The molecule has 7 nitrogen and oxygen atoms in total. The maximum Gasteiger partial charge on any atom is 0.297 e. The second-order valence-electron chi connectivity index (χ2n) is 7.61. The molecule has 3 rings (SSSR count). The first-order chi connectivity index (χ1) is 17.4. The fourth-order valence-electron chi connectivity index (χ4n) is 2.93. The Labute approximate surface area is 218 Å². The second kappa shape index (κ2) is 13.7. The Kier molecular flexibility index (Phi) is 11.6. The molecule has 2 heterocycles. The third kappa shape index (κ3) is 7.23. The van der Waals surface area contributed by atoms with Gasteiger partial charge in [0.25, 0.3) is 17.0 Å². The number of aromatic amines is 1. The minimum Gasteiger partial charge on any atom is -0.446 e. The van der Waals surface area contributed by atoms with Crippen LogP contribution in [0.2, 0.25) is 5.02 Å². The zero-order chi connectivity index (χ0) is 28.5. The molecule has 0 saturated carbocycles. The first kappa shape index (κ1) is 31.4. The van der Waals surface area contributed by atoms with Gasteiger partial charge in [-0.25, -0.2) is 9.37 Å². The van der Waals surface area contributed by atoms with Crippen LogP contribution in [-0.4, -0.2) is 14.5 Å². The Hall–Kier alpha value is -3.58. The van der Waals surface area contributed by atoms with E-state index in [1.807, 2.05) is 27.7 Å². The number of nitrogens with one attached hydrogen (secondary N) is 1. The van der Waals surface area contributed by atoms with Gasteiger partial charge in [0.1, 0.15) is 6.07 Å². The largest absolute Gasteiger partial charge is 0.446 e. The van der Waals surface area contributed by atoms with Gasteiger partial charge in [-0.15, -0.1) is 0 Å². The van der Waals surface area contributed by atoms with Crippen LogP contribution in [-0.2, 0) is 12.5 Å². The molecule has 1 aromatic carbocycles. The highest BCUT2D eigenvalue weighted by Gasteiger charge is 2.42. The molecule has 1 N–H and O–H groups in total. The van der Waals surface area contributed by atoms with E-state index >= 15 is 0 Å². The summed E-state index contributed by atoms with van der Waals surface area (Å²) in [5.41, 5.74) is -2.28. The van der Waals surface area contributed by atoms with Crippen molar-refractivity contribution in [1.82, 2.24) is 14.5 Å². The molecule has 11 heteroatoms. The SMILES string of the molecule is CC.CC.Cc1ccc(Cn2cnc(C(F)(F)C(C)C)c(Oc3cc(Cl)cc(C#N)c3F)c2=O)c(=O)[nH]1. The Morgan fingerprint density at radius 3 is 2.35 bits per heavy atom. The number of rotatable bonds is 6. The molecule has 0 aliphatic rings. The summed E-state index contributed by atoms with van der Waals surface area (Å²) >= 11 is 5.87. The van der Waals surface area contributed by atoms with Gasteiger partial charge in [0.15, 0.2) is 17.3 Å². The van der Waals surface area contributed by atoms with Crippen LogP contribution in [0.5, 0.6) is 11.5 Å². The second-order valence-corrected chi connectivity index (χ2v) is 8.04. The van der Waals surface area contributed by atoms with Crippen molar-refractivity contribution < 1.29 is 17.9 Å². The zero-order valence-corrected chi connectivity index (χ0v) is 22.5. The summed E-state index contributed by atoms with van der Waals surface area (Å²) in [5.74, 6) is -7.69. The van der Waals surface area contributed by atoms with E-state index in [-0.39, 0.29) is 17.1 Å². The highest BCUT2D eigenvalue weighted by Crippen LogP contribution is 2.40. The standard InChI is InChI=1S/C22H18ClF3N4O3.2C2H6/c1-11(2)22(25,26)19-18(33-16-7-15(23)6-14(8-27)17(16)24)21(32)30(10-28-19)9-13-5-4-12(3)29-20(13)31;2*1-2/h4-7,10-11H,9H2,1-3H3,(H,29,31);2*1-2H3. The van der Waals surface area contributed by atoms with Crippen LogP contribution in [0.4, 0.5) is 13.2 Å². The molecule has 0 radical (unpaired) electrons. The van der Waals surface area contributed by atoms with Crippen LogP contribution in [0.3, 0.4) is 0 Å². The van der Waals surface area contributed by atoms with Crippen LogP contribution in [0.1, 0.15) is 64.1 Å². The third-order valence-electron chi connectivity index (χ3n) is 4.85. The fourth-order valence-corrected chi connectivity index (χ4v) is 3.13. The van der Waals surface area contributed by atoms with Gasteiger partial charge in [-0.1, -0.05) is 53.1 Å². The lowest BCUT2D eigenvalue weighted by Gasteiger charge is -2.22. The lowest BCUT2D eigenvalue weighted by Crippen LogP contribution is -2.31. The molecule has 0 spiro atoms. The minimum atomic E-state index is -3.61. The van der Waals surface area contributed by atoms with E-state index in [2.05, 4.69) is 9.97 Å². The van der Waals surface area contributed by atoms with E-state index in [1.54, 1.807) is 19.1 Å². The van der Waals surface area contributed by atoms with Crippen LogP contribution < -0.4 is 15.9 Å². The molecule has 0 amide bonds. The number of aryl methyl sites for hydroxylation is 1. The topological polar surface area (TPSA) is 101 Å². The third-order valence-corrected chi connectivity index (χ3v) is 5.07. The molecular weight excluding hydrogens is 509 g/mol. The van der Waals surface area contributed by atoms with Crippen molar-refractivity contribution in [3.05, 3.63) is 84.7 Å². The van der Waals surface area contributed by atoms with E-state index < -0.39 is 51.5 Å². The fraction of sp³-hybridized carbons (Fsp3) is 0.385. The number of H-pyrrole nitrogens is 1. The van der Waals surface area contributed by atoms with Crippen molar-refractivity contribution in [2.45, 2.75) is 60.9 Å². The molecule has 0 aliphatic heterocycles. The zero-order valence-electron chi connectivity index (χ0n) is 21.7. The minimum absolute atomic E-state index is 0.101. The number of benzene rings is 1. The van der Waals surface area contributed by atoms with Crippen molar-refractivity contribution in [2.24, 2.45) is 5.92 Å². The van der Waals surface area contributed by atoms with E-state index in [9.17, 15) is 22.8 Å². The smallest absolute Gasteiger partial charge is 0.297 e. The van der Waals surface area contributed by atoms with Crippen LogP contribution >= 0.6 is 11.6 Å². The molecule has 0 unspecified atom stereocenters. The Morgan fingerprint density at radius 1 is 1.19 bits per heavy atom. The molecule has 200 valence electrons. The molecule has 0 aliphatic carbocycles. The highest BCUT2D eigenvalue weighted by atomic mass is 35.5. The number of halogens is 4. The van der Waals surface area contributed by atoms with Crippen LogP contribution in [0.25, 0.3) is 0 Å².